The molecule has 0 fully saturated rings. The third kappa shape index (κ3) is 6.75. The molecule has 0 saturated carbocycles. The Hall–Kier alpha value is -1.83. The summed E-state index contributed by atoms with van der Waals surface area (Å²) < 4.78 is 44.0. The van der Waals surface area contributed by atoms with Gasteiger partial charge in [-0.25, -0.2) is 4.79 Å². The molecule has 6 nitrogen and oxygen atoms in total. The van der Waals surface area contributed by atoms with Crippen molar-refractivity contribution in [2.75, 3.05) is 18.2 Å². The van der Waals surface area contributed by atoms with Gasteiger partial charge in [0.25, 0.3) is 0 Å². The first kappa shape index (κ1) is 18.2. The Kier molecular flexibility index (Phi) is 5.76. The molecular weight excluding hydrogens is 313 g/mol. The Labute approximate surface area is 129 Å². The third-order valence-corrected chi connectivity index (χ3v) is 3.24. The number of halogens is 1. The van der Waals surface area contributed by atoms with Crippen molar-refractivity contribution in [2.24, 2.45) is 0 Å². The van der Waals surface area contributed by atoms with Crippen molar-refractivity contribution >= 4 is 22.0 Å². The Morgan fingerprint density at radius 2 is 1.95 bits per heavy atom. The number of carbonyl (C=O) groups excluding carboxylic acids is 1. The van der Waals surface area contributed by atoms with E-state index in [1.807, 2.05) is 0 Å². The number of rotatable bonds is 5. The van der Waals surface area contributed by atoms with Crippen LogP contribution in [-0.2, 0) is 21.4 Å². The second-order valence-electron chi connectivity index (χ2n) is 5.65. The van der Waals surface area contributed by atoms with Gasteiger partial charge in [-0.3, -0.25) is 5.32 Å². The van der Waals surface area contributed by atoms with Crippen LogP contribution in [0.25, 0.3) is 0 Å². The topological polar surface area (TPSA) is 81.7 Å². The maximum atomic E-state index is 12.6. The first-order valence-electron chi connectivity index (χ1n) is 6.59. The first-order chi connectivity index (χ1) is 10.00. The summed E-state index contributed by atoms with van der Waals surface area (Å²) >= 11 is 0. The fourth-order valence-electron chi connectivity index (χ4n) is 1.68. The molecule has 1 rings (SSSR count). The van der Waals surface area contributed by atoms with E-state index in [2.05, 4.69) is 5.32 Å². The van der Waals surface area contributed by atoms with Crippen molar-refractivity contribution in [2.45, 2.75) is 32.8 Å². The normalized spacial score (nSPS) is 11.9. The smallest absolute Gasteiger partial charge is 0.412 e. The van der Waals surface area contributed by atoms with E-state index < -0.39 is 27.7 Å². The minimum atomic E-state index is -4.54. The molecule has 0 unspecified atom stereocenters. The molecule has 0 heterocycles. The van der Waals surface area contributed by atoms with Crippen LogP contribution in [-0.4, -0.2) is 33.0 Å². The van der Waals surface area contributed by atoms with Gasteiger partial charge in [-0.1, -0.05) is 6.07 Å². The lowest BCUT2D eigenvalue weighted by atomic mass is 10.1. The Bertz CT molecular complexity index is 637. The molecule has 124 valence electrons. The van der Waals surface area contributed by atoms with Crippen molar-refractivity contribution < 1.29 is 26.6 Å². The Balaban J connectivity index is 2.82. The SMILES string of the molecule is COc1cc(NC(=O)OC(C)(C)C)ccc1CCS(=O)(=O)F. The lowest BCUT2D eigenvalue weighted by molar-refractivity contribution is 0.0636. The number of hydrogen-bond acceptors (Lipinski definition) is 5. The molecule has 0 aliphatic rings. The number of anilines is 1. The van der Waals surface area contributed by atoms with Gasteiger partial charge < -0.3 is 9.47 Å². The summed E-state index contributed by atoms with van der Waals surface area (Å²) in [4.78, 5) is 11.7. The molecule has 0 aromatic heterocycles. The molecule has 0 radical (unpaired) electrons. The Morgan fingerprint density at radius 1 is 1.32 bits per heavy atom. The van der Waals surface area contributed by atoms with Crippen molar-refractivity contribution in [3.63, 3.8) is 0 Å². The number of hydrogen-bond donors (Lipinski definition) is 1. The van der Waals surface area contributed by atoms with Crippen LogP contribution in [0.5, 0.6) is 5.75 Å². The van der Waals surface area contributed by atoms with Gasteiger partial charge in [-0.2, -0.15) is 8.42 Å². The molecular formula is C14H20FNO5S. The summed E-state index contributed by atoms with van der Waals surface area (Å²) in [7, 11) is -3.14. The summed E-state index contributed by atoms with van der Waals surface area (Å²) in [5.41, 5.74) is 0.334. The van der Waals surface area contributed by atoms with Crippen LogP contribution in [0.4, 0.5) is 14.4 Å². The molecule has 22 heavy (non-hydrogen) atoms. The zero-order valence-electron chi connectivity index (χ0n) is 13.0. The fraction of sp³-hybridized carbons (Fsp3) is 0.500. The second kappa shape index (κ2) is 6.95. The number of amides is 1. The summed E-state index contributed by atoms with van der Waals surface area (Å²) in [6.07, 6.45) is -0.636. The van der Waals surface area contributed by atoms with Gasteiger partial charge in [0, 0.05) is 11.8 Å². The highest BCUT2D eigenvalue weighted by atomic mass is 32.3. The van der Waals surface area contributed by atoms with Crippen LogP contribution in [0.3, 0.4) is 0 Å². The number of benzene rings is 1. The van der Waals surface area contributed by atoms with Crippen LogP contribution in [0.2, 0.25) is 0 Å². The average Bonchev–Trinajstić information content (AvgIpc) is 2.33. The number of carbonyl (C=O) groups is 1. The predicted octanol–water partition coefficient (Wildman–Crippen LogP) is 2.88. The first-order valence-corrected chi connectivity index (χ1v) is 8.15. The van der Waals surface area contributed by atoms with Gasteiger partial charge >= 0.3 is 16.3 Å². The van der Waals surface area contributed by atoms with Crippen LogP contribution in [0.15, 0.2) is 18.2 Å². The molecule has 1 aromatic rings. The van der Waals surface area contributed by atoms with Crippen molar-refractivity contribution in [1.29, 1.82) is 0 Å². The second-order valence-corrected chi connectivity index (χ2v) is 7.13. The molecule has 1 aromatic carbocycles. The van der Waals surface area contributed by atoms with Gasteiger partial charge in [-0.05, 0) is 38.8 Å². The largest absolute Gasteiger partial charge is 0.496 e. The molecule has 0 aliphatic heterocycles. The molecule has 0 aliphatic carbocycles. The van der Waals surface area contributed by atoms with E-state index in [0.29, 0.717) is 17.0 Å². The summed E-state index contributed by atoms with van der Waals surface area (Å²) in [6.45, 7) is 5.23. The van der Waals surface area contributed by atoms with E-state index in [9.17, 15) is 17.1 Å². The van der Waals surface area contributed by atoms with E-state index in [1.165, 1.54) is 13.2 Å². The van der Waals surface area contributed by atoms with Gasteiger partial charge in [0.2, 0.25) is 0 Å². The van der Waals surface area contributed by atoms with Crippen molar-refractivity contribution in [3.05, 3.63) is 23.8 Å². The number of aryl methyl sites for hydroxylation is 1. The van der Waals surface area contributed by atoms with Crippen LogP contribution in [0, 0.1) is 0 Å². The maximum absolute atomic E-state index is 12.6. The average molecular weight is 333 g/mol. The maximum Gasteiger partial charge on any atom is 0.412 e. The molecule has 0 spiro atoms. The molecule has 0 atom stereocenters. The zero-order chi connectivity index (χ0) is 17.0. The van der Waals surface area contributed by atoms with E-state index in [1.54, 1.807) is 32.9 Å². The van der Waals surface area contributed by atoms with Gasteiger partial charge in [-0.15, -0.1) is 3.89 Å². The molecule has 8 heteroatoms. The molecule has 1 amide bonds. The highest BCUT2D eigenvalue weighted by molar-refractivity contribution is 7.86. The van der Waals surface area contributed by atoms with Gasteiger partial charge in [0.1, 0.15) is 11.4 Å². The monoisotopic (exact) mass is 333 g/mol. The van der Waals surface area contributed by atoms with Crippen LogP contribution < -0.4 is 10.1 Å². The standard InChI is InChI=1S/C14H20FNO5S/c1-14(2,3)21-13(17)16-11-6-5-10(12(9-11)20-4)7-8-22(15,18)19/h5-6,9H,7-8H2,1-4H3,(H,16,17). The van der Waals surface area contributed by atoms with E-state index in [0.717, 1.165) is 0 Å². The lowest BCUT2D eigenvalue weighted by Gasteiger charge is -2.20. The summed E-state index contributed by atoms with van der Waals surface area (Å²) in [6, 6.07) is 4.65. The predicted molar refractivity (Wildman–Crippen MR) is 81.4 cm³/mol. The quantitative estimate of drug-likeness (QED) is 0.838. The highest BCUT2D eigenvalue weighted by Gasteiger charge is 2.17. The summed E-state index contributed by atoms with van der Waals surface area (Å²) in [5.74, 6) is -0.264. The van der Waals surface area contributed by atoms with Crippen LogP contribution >= 0.6 is 0 Å². The minimum Gasteiger partial charge on any atom is -0.496 e. The molecule has 0 bridgehead atoms. The number of nitrogens with one attached hydrogen (secondary N) is 1. The van der Waals surface area contributed by atoms with E-state index in [4.69, 9.17) is 9.47 Å². The minimum absolute atomic E-state index is 0.0191. The Morgan fingerprint density at radius 3 is 2.45 bits per heavy atom. The zero-order valence-corrected chi connectivity index (χ0v) is 13.8. The highest BCUT2D eigenvalue weighted by Crippen LogP contribution is 2.24. The number of methoxy groups -OCH3 is 1. The van der Waals surface area contributed by atoms with Crippen molar-refractivity contribution in [1.82, 2.24) is 0 Å². The van der Waals surface area contributed by atoms with Crippen molar-refractivity contribution in [3.8, 4) is 5.75 Å². The fourth-order valence-corrected chi connectivity index (χ4v) is 2.15. The number of ether oxygens (including phenoxy) is 2. The third-order valence-electron chi connectivity index (χ3n) is 2.55. The molecule has 0 saturated heterocycles. The van der Waals surface area contributed by atoms with Gasteiger partial charge in [0.05, 0.1) is 12.9 Å². The van der Waals surface area contributed by atoms with Gasteiger partial charge in [0.15, 0.2) is 0 Å². The molecule has 1 N–H and O–H groups in total. The van der Waals surface area contributed by atoms with Crippen LogP contribution in [0.1, 0.15) is 26.3 Å². The lowest BCUT2D eigenvalue weighted by Crippen LogP contribution is -2.27. The van der Waals surface area contributed by atoms with E-state index in [-0.39, 0.29) is 6.42 Å². The summed E-state index contributed by atoms with van der Waals surface area (Å²) in [5, 5.41) is 2.54. The van der Waals surface area contributed by atoms with E-state index >= 15 is 0 Å².